The van der Waals surface area contributed by atoms with Gasteiger partial charge in [-0.1, -0.05) is 60.7 Å². The molecule has 0 radical (unpaired) electrons. The summed E-state index contributed by atoms with van der Waals surface area (Å²) in [6, 6.07) is 26.2. The van der Waals surface area contributed by atoms with E-state index in [1.165, 1.54) is 5.56 Å². The molecule has 4 N–H and O–H groups in total. The fraction of sp³-hybridized carbons (Fsp3) is 0.0476. The molecule has 6 nitrogen and oxygen atoms in total. The van der Waals surface area contributed by atoms with Crippen LogP contribution in [-0.2, 0) is 6.54 Å². The molecule has 4 aromatic rings. The summed E-state index contributed by atoms with van der Waals surface area (Å²) in [6.07, 6.45) is 0. The van der Waals surface area contributed by atoms with Crippen LogP contribution in [0.3, 0.4) is 0 Å². The van der Waals surface area contributed by atoms with Crippen LogP contribution in [0.4, 0.5) is 11.9 Å². The number of benzene rings is 3. The Kier molecular flexibility index (Phi) is 4.70. The van der Waals surface area contributed by atoms with E-state index < -0.39 is 0 Å². The van der Waals surface area contributed by atoms with E-state index in [9.17, 15) is 0 Å². The van der Waals surface area contributed by atoms with Crippen LogP contribution in [0, 0.1) is 0 Å². The zero-order valence-corrected chi connectivity index (χ0v) is 14.6. The minimum atomic E-state index is 0.278. The summed E-state index contributed by atoms with van der Waals surface area (Å²) in [7, 11) is 0. The topological polar surface area (TPSA) is 88.8 Å². The molecule has 134 valence electrons. The van der Waals surface area contributed by atoms with Crippen molar-refractivity contribution in [1.29, 1.82) is 0 Å². The molecule has 0 aliphatic heterocycles. The largest absolute Gasteiger partial charge is 0.457 e. The predicted molar refractivity (Wildman–Crippen MR) is 107 cm³/mol. The van der Waals surface area contributed by atoms with Gasteiger partial charge in [-0.05, 0) is 29.3 Å². The number of anilines is 2. The number of hydrogen-bond acceptors (Lipinski definition) is 5. The van der Waals surface area contributed by atoms with Crippen molar-refractivity contribution in [3.05, 3.63) is 84.4 Å². The molecule has 1 aromatic heterocycles. The molecule has 0 fully saturated rings. The van der Waals surface area contributed by atoms with Gasteiger partial charge < -0.3 is 15.8 Å². The lowest BCUT2D eigenvalue weighted by atomic mass is 10.1. The fourth-order valence-electron chi connectivity index (χ4n) is 2.75. The summed E-state index contributed by atoms with van der Waals surface area (Å²) in [4.78, 5) is 4.04. The molecule has 0 atom stereocenters. The molecule has 0 unspecified atom stereocenters. The molecule has 0 bridgehead atoms. The van der Waals surface area contributed by atoms with Crippen molar-refractivity contribution < 1.29 is 4.74 Å². The maximum atomic E-state index is 6.08. The number of H-pyrrole nitrogens is 1. The van der Waals surface area contributed by atoms with Crippen molar-refractivity contribution in [2.75, 3.05) is 11.1 Å². The number of nitrogens with two attached hydrogens (primary N) is 1. The summed E-state index contributed by atoms with van der Waals surface area (Å²) in [6.45, 7) is 0.523. The molecule has 4 rings (SSSR count). The lowest BCUT2D eigenvalue weighted by Crippen LogP contribution is -2.03. The van der Waals surface area contributed by atoms with Crippen LogP contribution in [0.25, 0.3) is 11.1 Å². The third-order valence-corrected chi connectivity index (χ3v) is 4.10. The van der Waals surface area contributed by atoms with Crippen molar-refractivity contribution in [2.24, 2.45) is 0 Å². The Hall–Kier alpha value is -3.80. The molecular weight excluding hydrogens is 338 g/mol. The number of ether oxygens (including phenoxy) is 1. The van der Waals surface area contributed by atoms with Gasteiger partial charge in [0.1, 0.15) is 11.5 Å². The van der Waals surface area contributed by atoms with E-state index in [2.05, 4.69) is 44.8 Å². The molecule has 0 saturated carbocycles. The first kappa shape index (κ1) is 16.7. The highest BCUT2D eigenvalue weighted by Crippen LogP contribution is 2.28. The second kappa shape index (κ2) is 7.61. The third-order valence-electron chi connectivity index (χ3n) is 4.10. The highest BCUT2D eigenvalue weighted by Gasteiger charge is 2.07. The number of aromatic amines is 1. The molecule has 3 aromatic carbocycles. The summed E-state index contributed by atoms with van der Waals surface area (Å²) >= 11 is 0. The maximum absolute atomic E-state index is 6.08. The first-order valence-corrected chi connectivity index (χ1v) is 8.61. The maximum Gasteiger partial charge on any atom is 0.243 e. The molecule has 6 heteroatoms. The van der Waals surface area contributed by atoms with Gasteiger partial charge in [0, 0.05) is 12.1 Å². The number of hydrogen-bond donors (Lipinski definition) is 3. The molecule has 27 heavy (non-hydrogen) atoms. The van der Waals surface area contributed by atoms with Gasteiger partial charge in [0.15, 0.2) is 0 Å². The second-order valence-electron chi connectivity index (χ2n) is 6.00. The quantitative estimate of drug-likeness (QED) is 0.474. The van der Waals surface area contributed by atoms with E-state index in [0.29, 0.717) is 12.5 Å². The molecule has 1 heterocycles. The lowest BCUT2D eigenvalue weighted by molar-refractivity contribution is 0.477. The number of nitrogens with zero attached hydrogens (tertiary/aromatic N) is 2. The van der Waals surface area contributed by atoms with E-state index in [4.69, 9.17) is 10.5 Å². The van der Waals surface area contributed by atoms with Gasteiger partial charge >= 0.3 is 0 Å². The Bertz CT molecular complexity index is 1010. The summed E-state index contributed by atoms with van der Waals surface area (Å²) in [5.41, 5.74) is 8.87. The van der Waals surface area contributed by atoms with Gasteiger partial charge in [-0.2, -0.15) is 4.98 Å². The Balaban J connectivity index is 1.47. The Morgan fingerprint density at radius 3 is 2.30 bits per heavy atom. The highest BCUT2D eigenvalue weighted by atomic mass is 16.5. The number of nitrogens with one attached hydrogen (secondary N) is 2. The smallest absolute Gasteiger partial charge is 0.243 e. The van der Waals surface area contributed by atoms with Crippen molar-refractivity contribution in [3.63, 3.8) is 0 Å². The van der Waals surface area contributed by atoms with Crippen molar-refractivity contribution in [3.8, 4) is 22.6 Å². The van der Waals surface area contributed by atoms with E-state index in [1.54, 1.807) is 0 Å². The average molecular weight is 357 g/mol. The van der Waals surface area contributed by atoms with Crippen LogP contribution in [0.1, 0.15) is 5.56 Å². The van der Waals surface area contributed by atoms with E-state index in [0.717, 1.165) is 22.6 Å². The van der Waals surface area contributed by atoms with Gasteiger partial charge in [-0.15, -0.1) is 5.10 Å². The number of nitrogen functional groups attached to an aromatic ring is 1. The normalized spacial score (nSPS) is 10.5. The van der Waals surface area contributed by atoms with E-state index in [-0.39, 0.29) is 5.95 Å². The zero-order valence-electron chi connectivity index (χ0n) is 14.6. The van der Waals surface area contributed by atoms with Crippen LogP contribution in [0.15, 0.2) is 78.9 Å². The van der Waals surface area contributed by atoms with Crippen LogP contribution < -0.4 is 15.8 Å². The van der Waals surface area contributed by atoms with Crippen LogP contribution in [0.2, 0.25) is 0 Å². The Morgan fingerprint density at radius 2 is 1.56 bits per heavy atom. The standard InChI is InChI=1S/C21H19N5O/c22-20-24-21(26-25-20)23-14-17-8-4-5-9-19(17)27-18-12-10-16(11-13-18)15-6-2-1-3-7-15/h1-13H,14H2,(H4,22,23,24,25,26). The van der Waals surface area contributed by atoms with Gasteiger partial charge in [0.05, 0.1) is 0 Å². The molecular formula is C21H19N5O. The minimum Gasteiger partial charge on any atom is -0.457 e. The summed E-state index contributed by atoms with van der Waals surface area (Å²) < 4.78 is 6.08. The van der Waals surface area contributed by atoms with E-state index in [1.807, 2.05) is 54.6 Å². The Labute approximate surface area is 157 Å². The predicted octanol–water partition coefficient (Wildman–Crippen LogP) is 4.46. The summed E-state index contributed by atoms with van der Waals surface area (Å²) in [5.74, 6) is 2.29. The van der Waals surface area contributed by atoms with Gasteiger partial charge in [-0.25, -0.2) is 5.10 Å². The van der Waals surface area contributed by atoms with Crippen molar-refractivity contribution >= 4 is 11.9 Å². The summed E-state index contributed by atoms with van der Waals surface area (Å²) in [5, 5.41) is 9.70. The van der Waals surface area contributed by atoms with Crippen LogP contribution >= 0.6 is 0 Å². The number of rotatable bonds is 6. The minimum absolute atomic E-state index is 0.278. The van der Waals surface area contributed by atoms with Crippen LogP contribution in [-0.4, -0.2) is 15.2 Å². The Morgan fingerprint density at radius 1 is 0.852 bits per heavy atom. The highest BCUT2D eigenvalue weighted by molar-refractivity contribution is 5.64. The lowest BCUT2D eigenvalue weighted by Gasteiger charge is -2.12. The zero-order chi connectivity index (χ0) is 18.5. The molecule has 0 spiro atoms. The third kappa shape index (κ3) is 4.07. The van der Waals surface area contributed by atoms with Gasteiger partial charge in [0.25, 0.3) is 0 Å². The molecule has 0 saturated heterocycles. The SMILES string of the molecule is Nc1nc(NCc2ccccc2Oc2ccc(-c3ccccc3)cc2)n[nH]1. The average Bonchev–Trinajstić information content (AvgIpc) is 3.14. The first-order valence-electron chi connectivity index (χ1n) is 8.61. The number of para-hydroxylation sites is 1. The number of aromatic nitrogens is 3. The van der Waals surface area contributed by atoms with Crippen LogP contribution in [0.5, 0.6) is 11.5 Å². The van der Waals surface area contributed by atoms with Crippen molar-refractivity contribution in [2.45, 2.75) is 6.54 Å². The van der Waals surface area contributed by atoms with Crippen molar-refractivity contribution in [1.82, 2.24) is 15.2 Å². The molecule has 0 aliphatic carbocycles. The van der Waals surface area contributed by atoms with Gasteiger partial charge in [-0.3, -0.25) is 0 Å². The van der Waals surface area contributed by atoms with Gasteiger partial charge in [0.2, 0.25) is 11.9 Å². The fourth-order valence-corrected chi connectivity index (χ4v) is 2.75. The van der Waals surface area contributed by atoms with E-state index >= 15 is 0 Å². The second-order valence-corrected chi connectivity index (χ2v) is 6.00. The first-order chi connectivity index (χ1) is 13.3. The molecule has 0 amide bonds. The molecule has 0 aliphatic rings. The monoisotopic (exact) mass is 357 g/mol.